The van der Waals surface area contributed by atoms with Gasteiger partial charge in [-0.3, -0.25) is 4.99 Å². The van der Waals surface area contributed by atoms with Gasteiger partial charge < -0.3 is 0 Å². The van der Waals surface area contributed by atoms with Crippen LogP contribution in [0.5, 0.6) is 0 Å². The summed E-state index contributed by atoms with van der Waals surface area (Å²) in [4.78, 5) is 4.23. The molecule has 0 fully saturated rings. The van der Waals surface area contributed by atoms with Crippen LogP contribution in [0.25, 0.3) is 0 Å². The third-order valence-corrected chi connectivity index (χ3v) is 1.89. The summed E-state index contributed by atoms with van der Waals surface area (Å²) in [6.45, 7) is 5.64. The minimum atomic E-state index is -0.159. The Balaban J connectivity index is 3.08. The van der Waals surface area contributed by atoms with Crippen molar-refractivity contribution >= 4 is 11.9 Å². The van der Waals surface area contributed by atoms with Crippen LogP contribution in [0.1, 0.15) is 24.5 Å². The first-order valence-electron chi connectivity index (χ1n) is 4.44. The molecule has 0 N–H and O–H groups in total. The molecule has 1 aromatic carbocycles. The molecule has 2 heteroatoms. The Hall–Kier alpha value is -1.18. The van der Waals surface area contributed by atoms with Crippen molar-refractivity contribution in [3.8, 4) is 0 Å². The molecule has 1 rings (SSSR count). The molecule has 0 unspecified atom stereocenters. The average molecular weight is 179 g/mol. The highest BCUT2D eigenvalue weighted by Gasteiger charge is 2.01. The zero-order valence-electron chi connectivity index (χ0n) is 8.26. The van der Waals surface area contributed by atoms with Gasteiger partial charge in [-0.1, -0.05) is 6.92 Å². The van der Waals surface area contributed by atoms with E-state index in [1.54, 1.807) is 13.0 Å². The molecule has 1 nitrogen and oxygen atoms in total. The summed E-state index contributed by atoms with van der Waals surface area (Å²) in [6.07, 6.45) is 2.73. The molecule has 0 saturated heterocycles. The van der Waals surface area contributed by atoms with E-state index in [1.165, 1.54) is 6.07 Å². The predicted octanol–water partition coefficient (Wildman–Crippen LogP) is 3.55. The summed E-state index contributed by atoms with van der Waals surface area (Å²) in [5.74, 6) is -0.159. The number of aryl methyl sites for hydroxylation is 2. The first-order chi connectivity index (χ1) is 6.15. The maximum atomic E-state index is 13.0. The van der Waals surface area contributed by atoms with E-state index in [1.807, 2.05) is 20.1 Å². The highest BCUT2D eigenvalue weighted by atomic mass is 19.1. The molecule has 0 amide bonds. The Morgan fingerprint density at radius 2 is 2.00 bits per heavy atom. The molecule has 0 aliphatic rings. The lowest BCUT2D eigenvalue weighted by Gasteiger charge is -2.02. The van der Waals surface area contributed by atoms with Gasteiger partial charge in [0.25, 0.3) is 0 Å². The van der Waals surface area contributed by atoms with Gasteiger partial charge in [0.2, 0.25) is 0 Å². The van der Waals surface area contributed by atoms with Crippen molar-refractivity contribution in [3.63, 3.8) is 0 Å². The van der Waals surface area contributed by atoms with Crippen LogP contribution in [0.2, 0.25) is 0 Å². The molecule has 0 aliphatic heterocycles. The molecule has 0 heterocycles. The number of benzene rings is 1. The number of hydrogen-bond acceptors (Lipinski definition) is 1. The summed E-state index contributed by atoms with van der Waals surface area (Å²) in [5, 5.41) is 0. The molecule has 70 valence electrons. The van der Waals surface area contributed by atoms with Gasteiger partial charge in [0.1, 0.15) is 5.82 Å². The van der Waals surface area contributed by atoms with Crippen molar-refractivity contribution in [2.45, 2.75) is 27.2 Å². The molecule has 0 bridgehead atoms. The number of halogens is 1. The van der Waals surface area contributed by atoms with Crippen molar-refractivity contribution in [2.75, 3.05) is 0 Å². The second-order valence-corrected chi connectivity index (χ2v) is 3.11. The van der Waals surface area contributed by atoms with Crippen LogP contribution in [0.3, 0.4) is 0 Å². The van der Waals surface area contributed by atoms with E-state index >= 15 is 0 Å². The van der Waals surface area contributed by atoms with E-state index in [4.69, 9.17) is 0 Å². The van der Waals surface area contributed by atoms with Gasteiger partial charge >= 0.3 is 0 Å². The van der Waals surface area contributed by atoms with Gasteiger partial charge in [0, 0.05) is 6.21 Å². The highest BCUT2D eigenvalue weighted by molar-refractivity contribution is 5.64. The van der Waals surface area contributed by atoms with Crippen LogP contribution < -0.4 is 0 Å². The van der Waals surface area contributed by atoms with Crippen molar-refractivity contribution in [1.82, 2.24) is 0 Å². The predicted molar refractivity (Wildman–Crippen MR) is 54.3 cm³/mol. The normalized spacial score (nSPS) is 11.1. The minimum absolute atomic E-state index is 0.159. The minimum Gasteiger partial charge on any atom is -0.261 e. The summed E-state index contributed by atoms with van der Waals surface area (Å²) in [6, 6.07) is 3.30. The number of hydrogen-bond donors (Lipinski definition) is 0. The summed E-state index contributed by atoms with van der Waals surface area (Å²) in [7, 11) is 0. The van der Waals surface area contributed by atoms with E-state index in [0.717, 1.165) is 17.7 Å². The monoisotopic (exact) mass is 179 g/mol. The molecule has 0 atom stereocenters. The molecule has 0 saturated carbocycles. The van der Waals surface area contributed by atoms with Gasteiger partial charge in [-0.05, 0) is 43.5 Å². The van der Waals surface area contributed by atoms with E-state index < -0.39 is 0 Å². The topological polar surface area (TPSA) is 12.4 Å². The van der Waals surface area contributed by atoms with Crippen molar-refractivity contribution in [1.29, 1.82) is 0 Å². The van der Waals surface area contributed by atoms with Gasteiger partial charge in [-0.15, -0.1) is 0 Å². The van der Waals surface area contributed by atoms with Gasteiger partial charge in [-0.25, -0.2) is 4.39 Å². The summed E-state index contributed by atoms with van der Waals surface area (Å²) >= 11 is 0. The molecule has 0 spiro atoms. The van der Waals surface area contributed by atoms with E-state index in [0.29, 0.717) is 5.56 Å². The molecule has 13 heavy (non-hydrogen) atoms. The number of rotatable bonds is 2. The standard InChI is InChI=1S/C11H14FN/c1-4-5-13-11-7-8(2)10(12)6-9(11)3/h5-7H,4H2,1-3H3. The Morgan fingerprint density at radius 3 is 2.62 bits per heavy atom. The largest absolute Gasteiger partial charge is 0.261 e. The summed E-state index contributed by atoms with van der Waals surface area (Å²) in [5.41, 5.74) is 2.39. The van der Waals surface area contributed by atoms with Crippen molar-refractivity contribution in [2.24, 2.45) is 4.99 Å². The number of nitrogens with zero attached hydrogens (tertiary/aromatic N) is 1. The second kappa shape index (κ2) is 4.17. The van der Waals surface area contributed by atoms with E-state index in [-0.39, 0.29) is 5.82 Å². The van der Waals surface area contributed by atoms with Crippen LogP contribution in [-0.2, 0) is 0 Å². The maximum Gasteiger partial charge on any atom is 0.126 e. The quantitative estimate of drug-likeness (QED) is 0.615. The van der Waals surface area contributed by atoms with Crippen LogP contribution in [0, 0.1) is 19.7 Å². The van der Waals surface area contributed by atoms with Gasteiger partial charge in [0.05, 0.1) is 5.69 Å². The lowest BCUT2D eigenvalue weighted by Crippen LogP contribution is -1.84. The first kappa shape index (κ1) is 9.90. The van der Waals surface area contributed by atoms with Gasteiger partial charge in [0.15, 0.2) is 0 Å². The van der Waals surface area contributed by atoms with Crippen molar-refractivity contribution < 1.29 is 4.39 Å². The third kappa shape index (κ3) is 2.38. The van der Waals surface area contributed by atoms with E-state index in [2.05, 4.69) is 4.99 Å². The molecule has 0 aliphatic carbocycles. The molecule has 1 aromatic rings. The fourth-order valence-electron chi connectivity index (χ4n) is 1.09. The molecular formula is C11H14FN. The highest BCUT2D eigenvalue weighted by Crippen LogP contribution is 2.21. The SMILES string of the molecule is CCC=Nc1cc(C)c(F)cc1C. The fourth-order valence-corrected chi connectivity index (χ4v) is 1.09. The van der Waals surface area contributed by atoms with Crippen molar-refractivity contribution in [3.05, 3.63) is 29.1 Å². The smallest absolute Gasteiger partial charge is 0.126 e. The first-order valence-corrected chi connectivity index (χ1v) is 4.44. The van der Waals surface area contributed by atoms with Crippen LogP contribution in [-0.4, -0.2) is 6.21 Å². The third-order valence-electron chi connectivity index (χ3n) is 1.89. The van der Waals surface area contributed by atoms with Gasteiger partial charge in [-0.2, -0.15) is 0 Å². The zero-order chi connectivity index (χ0) is 9.84. The van der Waals surface area contributed by atoms with Crippen LogP contribution >= 0.6 is 0 Å². The fraction of sp³-hybridized carbons (Fsp3) is 0.364. The number of aliphatic imine (C=N–C) groups is 1. The molecular weight excluding hydrogens is 165 g/mol. The Kier molecular flexibility index (Phi) is 3.18. The Labute approximate surface area is 78.3 Å². The Bertz CT molecular complexity index is 329. The average Bonchev–Trinajstić information content (AvgIpc) is 2.09. The summed E-state index contributed by atoms with van der Waals surface area (Å²) < 4.78 is 13.0. The zero-order valence-corrected chi connectivity index (χ0v) is 8.26. The lowest BCUT2D eigenvalue weighted by atomic mass is 10.1. The molecule has 0 radical (unpaired) electrons. The molecule has 0 aromatic heterocycles. The van der Waals surface area contributed by atoms with E-state index in [9.17, 15) is 4.39 Å². The van der Waals surface area contributed by atoms with Crippen LogP contribution in [0.4, 0.5) is 10.1 Å². The lowest BCUT2D eigenvalue weighted by molar-refractivity contribution is 0.617. The second-order valence-electron chi connectivity index (χ2n) is 3.11. The maximum absolute atomic E-state index is 13.0. The van der Waals surface area contributed by atoms with Crippen LogP contribution in [0.15, 0.2) is 17.1 Å². The Morgan fingerprint density at radius 1 is 1.31 bits per heavy atom.